The molecule has 19 nitrogen and oxygen atoms in total. The van der Waals surface area contributed by atoms with Gasteiger partial charge in [-0.05, 0) is 38.5 Å². The summed E-state index contributed by atoms with van der Waals surface area (Å²) in [5.74, 6) is -0.289. The Hall–Kier alpha value is -1.99. The van der Waals surface area contributed by atoms with Crippen LogP contribution in [-0.4, -0.2) is 193 Å². The van der Waals surface area contributed by atoms with E-state index in [4.69, 9.17) is 28.4 Å². The second-order valence-electron chi connectivity index (χ2n) is 22.5. The van der Waals surface area contributed by atoms with Gasteiger partial charge in [0.1, 0.15) is 73.2 Å². The standard InChI is InChI=1S/C61H111NO18/c1-3-5-7-9-11-13-15-16-17-18-19-20-21-22-23-24-25-26-27-29-31-33-35-37-39-49(67)62-44(45(66)38-36-34-32-30-28-14-12-10-8-6-4-2)43-75-59-55(73)52(70)57(47(41-64)77-59)80-61-56(74)53(71)58(48(42-65)78-61)79-60-54(72)51(69)50(68)46(40-63)76-60/h8,10,28,30,36,38,44-48,50-61,63-66,68-74H,3-7,9,11-27,29,31-35,37,39-43H2,1-2H3,(H,62,67)/b10-8+,30-28+,38-36+. The Morgan fingerprint density at radius 3 is 1.23 bits per heavy atom. The van der Waals surface area contributed by atoms with E-state index in [0.29, 0.717) is 12.8 Å². The summed E-state index contributed by atoms with van der Waals surface area (Å²) in [4.78, 5) is 13.3. The second-order valence-corrected chi connectivity index (χ2v) is 22.5. The maximum Gasteiger partial charge on any atom is 0.220 e. The minimum Gasteiger partial charge on any atom is -0.394 e. The van der Waals surface area contributed by atoms with E-state index in [1.807, 2.05) is 6.08 Å². The summed E-state index contributed by atoms with van der Waals surface area (Å²) >= 11 is 0. The van der Waals surface area contributed by atoms with E-state index >= 15 is 0 Å². The van der Waals surface area contributed by atoms with Gasteiger partial charge >= 0.3 is 0 Å². The molecule has 12 N–H and O–H groups in total. The van der Waals surface area contributed by atoms with Crippen LogP contribution in [0.15, 0.2) is 36.5 Å². The lowest BCUT2D eigenvalue weighted by Crippen LogP contribution is -2.66. The molecule has 17 unspecified atom stereocenters. The number of hydrogen-bond acceptors (Lipinski definition) is 18. The Labute approximate surface area is 479 Å². The zero-order valence-corrected chi connectivity index (χ0v) is 48.8. The third-order valence-corrected chi connectivity index (χ3v) is 15.7. The Kier molecular flexibility index (Phi) is 40.2. The second kappa shape index (κ2) is 44.5. The van der Waals surface area contributed by atoms with Gasteiger partial charge in [0.25, 0.3) is 0 Å². The highest BCUT2D eigenvalue weighted by Crippen LogP contribution is 2.33. The van der Waals surface area contributed by atoms with Gasteiger partial charge in [0.05, 0.1) is 38.6 Å². The lowest BCUT2D eigenvalue weighted by molar-refractivity contribution is -0.379. The smallest absolute Gasteiger partial charge is 0.220 e. The van der Waals surface area contributed by atoms with Crippen LogP contribution in [0.2, 0.25) is 0 Å². The number of ether oxygens (including phenoxy) is 6. The summed E-state index contributed by atoms with van der Waals surface area (Å²) in [7, 11) is 0. The summed E-state index contributed by atoms with van der Waals surface area (Å²) in [6.45, 7) is 1.62. The number of allylic oxidation sites excluding steroid dienone is 5. The minimum atomic E-state index is -1.98. The molecule has 3 heterocycles. The van der Waals surface area contributed by atoms with Crippen LogP contribution in [0.3, 0.4) is 0 Å². The van der Waals surface area contributed by atoms with Crippen molar-refractivity contribution in [1.29, 1.82) is 0 Å². The number of carbonyl (C=O) groups is 1. The van der Waals surface area contributed by atoms with Crippen LogP contribution < -0.4 is 5.32 Å². The molecule has 468 valence electrons. The van der Waals surface area contributed by atoms with Crippen molar-refractivity contribution >= 4 is 5.91 Å². The molecule has 17 atom stereocenters. The van der Waals surface area contributed by atoms with Gasteiger partial charge in [-0.1, -0.05) is 204 Å². The van der Waals surface area contributed by atoms with Crippen LogP contribution >= 0.6 is 0 Å². The van der Waals surface area contributed by atoms with Gasteiger partial charge in [-0.25, -0.2) is 0 Å². The Morgan fingerprint density at radius 1 is 0.438 bits per heavy atom. The number of hydrogen-bond donors (Lipinski definition) is 12. The van der Waals surface area contributed by atoms with E-state index in [0.717, 1.165) is 51.4 Å². The van der Waals surface area contributed by atoms with Gasteiger partial charge in [-0.15, -0.1) is 0 Å². The highest BCUT2D eigenvalue weighted by Gasteiger charge is 2.53. The summed E-state index contributed by atoms with van der Waals surface area (Å²) < 4.78 is 34.2. The van der Waals surface area contributed by atoms with E-state index < -0.39 is 124 Å². The van der Waals surface area contributed by atoms with E-state index in [-0.39, 0.29) is 18.9 Å². The van der Waals surface area contributed by atoms with E-state index in [2.05, 4.69) is 43.5 Å². The van der Waals surface area contributed by atoms with Gasteiger partial charge in [-0.2, -0.15) is 0 Å². The quantitative estimate of drug-likeness (QED) is 0.0242. The van der Waals surface area contributed by atoms with Crippen molar-refractivity contribution in [3.8, 4) is 0 Å². The van der Waals surface area contributed by atoms with Crippen molar-refractivity contribution in [2.45, 2.75) is 317 Å². The minimum absolute atomic E-state index is 0.235. The molecule has 0 bridgehead atoms. The fraction of sp³-hybridized carbons (Fsp3) is 0.885. The predicted octanol–water partition coefficient (Wildman–Crippen LogP) is 6.10. The lowest BCUT2D eigenvalue weighted by atomic mass is 9.96. The Balaban J connectivity index is 1.44. The van der Waals surface area contributed by atoms with Crippen molar-refractivity contribution in [2.24, 2.45) is 0 Å². The molecule has 3 aliphatic rings. The first-order valence-corrected chi connectivity index (χ1v) is 31.2. The summed E-state index contributed by atoms with van der Waals surface area (Å²) in [5.41, 5.74) is 0. The van der Waals surface area contributed by atoms with Crippen molar-refractivity contribution < 1.29 is 89.4 Å². The zero-order chi connectivity index (χ0) is 58.3. The van der Waals surface area contributed by atoms with Crippen LogP contribution in [0.4, 0.5) is 0 Å². The number of unbranched alkanes of at least 4 members (excludes halogenated alkanes) is 26. The normalized spacial score (nSPS) is 30.2. The summed E-state index contributed by atoms with van der Waals surface area (Å²) in [5, 5.41) is 120. The molecule has 19 heteroatoms. The molecule has 0 aliphatic carbocycles. The molecular formula is C61H111NO18. The Morgan fingerprint density at radius 2 is 0.800 bits per heavy atom. The molecule has 0 spiro atoms. The molecule has 0 saturated carbocycles. The molecule has 0 radical (unpaired) electrons. The number of nitrogens with one attached hydrogen (secondary N) is 1. The maximum atomic E-state index is 13.3. The molecule has 3 aliphatic heterocycles. The molecule has 1 amide bonds. The Bertz CT molecular complexity index is 1600. The van der Waals surface area contributed by atoms with E-state index in [1.54, 1.807) is 6.08 Å². The molecule has 3 saturated heterocycles. The van der Waals surface area contributed by atoms with Gasteiger partial charge in [0.15, 0.2) is 18.9 Å². The largest absolute Gasteiger partial charge is 0.394 e. The summed E-state index contributed by atoms with van der Waals surface area (Å²) in [6, 6.07) is -0.992. The average molecular weight is 1150 g/mol. The van der Waals surface area contributed by atoms with Crippen LogP contribution in [-0.2, 0) is 33.2 Å². The number of rotatable bonds is 46. The lowest BCUT2D eigenvalue weighted by Gasteiger charge is -2.48. The number of amides is 1. The number of carbonyl (C=O) groups excluding carboxylic acids is 1. The first-order valence-electron chi connectivity index (χ1n) is 31.2. The van der Waals surface area contributed by atoms with Crippen LogP contribution in [0.1, 0.15) is 213 Å². The van der Waals surface area contributed by atoms with Crippen molar-refractivity contribution in [3.63, 3.8) is 0 Å². The molecule has 80 heavy (non-hydrogen) atoms. The van der Waals surface area contributed by atoms with E-state index in [1.165, 1.54) is 128 Å². The van der Waals surface area contributed by atoms with Crippen molar-refractivity contribution in [3.05, 3.63) is 36.5 Å². The molecular weight excluding hydrogens is 1030 g/mol. The van der Waals surface area contributed by atoms with Gasteiger partial charge < -0.3 is 89.9 Å². The highest BCUT2D eigenvalue weighted by molar-refractivity contribution is 5.76. The first-order chi connectivity index (χ1) is 38.8. The number of aliphatic hydroxyl groups is 11. The third-order valence-electron chi connectivity index (χ3n) is 15.7. The fourth-order valence-corrected chi connectivity index (χ4v) is 10.5. The van der Waals surface area contributed by atoms with Crippen molar-refractivity contribution in [1.82, 2.24) is 5.32 Å². The average Bonchev–Trinajstić information content (AvgIpc) is 3.47. The van der Waals surface area contributed by atoms with Crippen molar-refractivity contribution in [2.75, 3.05) is 26.4 Å². The molecule has 0 aromatic rings. The number of aliphatic hydroxyl groups excluding tert-OH is 11. The SMILES string of the molecule is CCC/C=C/CC/C=C/CC/C=C/C(O)C(COC1OC(CO)C(OC2OC(CO)C(OC3OC(CO)C(O)C(O)C3O)C(O)C2O)C(O)C1O)NC(=O)CCCCCCCCCCCCCCCCCCCCCCCCCC. The summed E-state index contributed by atoms with van der Waals surface area (Å²) in [6.07, 6.45) is 21.5. The van der Waals surface area contributed by atoms with Crippen LogP contribution in [0.5, 0.6) is 0 Å². The van der Waals surface area contributed by atoms with Gasteiger partial charge in [0.2, 0.25) is 5.91 Å². The fourth-order valence-electron chi connectivity index (χ4n) is 10.5. The molecule has 0 aromatic heterocycles. The topological polar surface area (TPSA) is 307 Å². The predicted molar refractivity (Wildman–Crippen MR) is 305 cm³/mol. The zero-order valence-electron chi connectivity index (χ0n) is 48.8. The monoisotopic (exact) mass is 1150 g/mol. The van der Waals surface area contributed by atoms with E-state index in [9.17, 15) is 61.0 Å². The molecule has 3 rings (SSSR count). The maximum absolute atomic E-state index is 13.3. The third kappa shape index (κ3) is 27.8. The molecule has 0 aromatic carbocycles. The van der Waals surface area contributed by atoms with Gasteiger partial charge in [0, 0.05) is 6.42 Å². The molecule has 3 fully saturated rings. The van der Waals surface area contributed by atoms with Crippen LogP contribution in [0, 0.1) is 0 Å². The first kappa shape index (κ1) is 72.3. The highest BCUT2D eigenvalue weighted by atomic mass is 16.8. The van der Waals surface area contributed by atoms with Gasteiger partial charge in [-0.3, -0.25) is 4.79 Å². The van der Waals surface area contributed by atoms with Crippen LogP contribution in [0.25, 0.3) is 0 Å².